The number of oxime groups is 1. The molecule has 1 aromatic carbocycles. The molecule has 0 aliphatic carbocycles. The third-order valence-corrected chi connectivity index (χ3v) is 2.68. The molecule has 0 heterocycles. The van der Waals surface area contributed by atoms with Gasteiger partial charge in [0.1, 0.15) is 5.75 Å². The number of amides is 1. The quantitative estimate of drug-likeness (QED) is 0.212. The van der Waals surface area contributed by atoms with E-state index in [-0.39, 0.29) is 18.1 Å². The van der Waals surface area contributed by atoms with Gasteiger partial charge in [0.15, 0.2) is 5.84 Å². The van der Waals surface area contributed by atoms with E-state index in [1.807, 2.05) is 22.6 Å². The highest BCUT2D eigenvalue weighted by atomic mass is 127. The maximum atomic E-state index is 11.5. The predicted octanol–water partition coefficient (Wildman–Crippen LogP) is 0.473. The van der Waals surface area contributed by atoms with Crippen LogP contribution in [0.2, 0.25) is 0 Å². The molecule has 0 saturated carbocycles. The monoisotopic (exact) mass is 335 g/mol. The van der Waals surface area contributed by atoms with E-state index in [0.29, 0.717) is 9.13 Å². The molecule has 0 unspecified atom stereocenters. The Morgan fingerprint density at radius 2 is 2.25 bits per heavy atom. The Morgan fingerprint density at radius 1 is 1.56 bits per heavy atom. The van der Waals surface area contributed by atoms with Crippen LogP contribution in [0.25, 0.3) is 0 Å². The van der Waals surface area contributed by atoms with Crippen molar-refractivity contribution < 1.29 is 15.1 Å². The summed E-state index contributed by atoms with van der Waals surface area (Å²) in [5, 5.41) is 22.8. The van der Waals surface area contributed by atoms with Crippen molar-refractivity contribution in [2.45, 2.75) is 0 Å². The minimum absolute atomic E-state index is 0.0389. The predicted molar refractivity (Wildman–Crippen MR) is 66.6 cm³/mol. The van der Waals surface area contributed by atoms with Crippen molar-refractivity contribution in [1.82, 2.24) is 5.32 Å². The average Bonchev–Trinajstić information content (AvgIpc) is 2.29. The van der Waals surface area contributed by atoms with Gasteiger partial charge in [0.05, 0.1) is 10.1 Å². The number of benzene rings is 1. The lowest BCUT2D eigenvalue weighted by Crippen LogP contribution is -2.33. The SMILES string of the molecule is N/C(CNC(=O)c1ccc(I)c(O)c1)=N/O. The lowest BCUT2D eigenvalue weighted by molar-refractivity contribution is 0.0958. The molecule has 0 fully saturated rings. The number of phenols is 1. The Bertz CT molecular complexity index is 434. The molecular weight excluding hydrogens is 325 g/mol. The number of halogens is 1. The molecule has 1 rings (SSSR count). The van der Waals surface area contributed by atoms with Crippen LogP contribution in [0, 0.1) is 3.57 Å². The fourth-order valence-electron chi connectivity index (χ4n) is 0.962. The summed E-state index contributed by atoms with van der Waals surface area (Å²) >= 11 is 1.95. The third-order valence-electron chi connectivity index (χ3n) is 1.77. The summed E-state index contributed by atoms with van der Waals surface area (Å²) in [7, 11) is 0. The van der Waals surface area contributed by atoms with Gasteiger partial charge in [0, 0.05) is 5.56 Å². The van der Waals surface area contributed by atoms with Crippen molar-refractivity contribution >= 4 is 34.3 Å². The zero-order chi connectivity index (χ0) is 12.1. The lowest BCUT2D eigenvalue weighted by Gasteiger charge is -2.05. The molecular formula is C9H10IN3O3. The standard InChI is InChI=1S/C9H10IN3O3/c10-6-2-1-5(3-7(6)14)9(15)12-4-8(11)13-16/h1-3,14,16H,4H2,(H2,11,13)(H,12,15). The smallest absolute Gasteiger partial charge is 0.251 e. The summed E-state index contributed by atoms with van der Waals surface area (Å²) in [6, 6.07) is 4.54. The maximum absolute atomic E-state index is 11.5. The number of nitrogens with zero attached hydrogens (tertiary/aromatic N) is 1. The van der Waals surface area contributed by atoms with E-state index in [9.17, 15) is 9.90 Å². The molecule has 0 atom stereocenters. The van der Waals surface area contributed by atoms with Gasteiger partial charge in [-0.05, 0) is 40.8 Å². The lowest BCUT2D eigenvalue weighted by atomic mass is 10.2. The van der Waals surface area contributed by atoms with E-state index >= 15 is 0 Å². The fraction of sp³-hybridized carbons (Fsp3) is 0.111. The third kappa shape index (κ3) is 3.26. The molecule has 0 saturated heterocycles. The molecule has 7 heteroatoms. The van der Waals surface area contributed by atoms with Crippen LogP contribution < -0.4 is 11.1 Å². The number of carbonyl (C=O) groups is 1. The molecule has 1 amide bonds. The molecule has 0 spiro atoms. The van der Waals surface area contributed by atoms with Gasteiger partial charge in [0.2, 0.25) is 0 Å². The minimum atomic E-state index is -0.404. The topological polar surface area (TPSA) is 108 Å². The molecule has 16 heavy (non-hydrogen) atoms. The normalized spacial score (nSPS) is 11.2. The Balaban J connectivity index is 2.70. The van der Waals surface area contributed by atoms with Crippen LogP contribution in [0.3, 0.4) is 0 Å². The van der Waals surface area contributed by atoms with E-state index < -0.39 is 5.91 Å². The molecule has 0 aliphatic rings. The number of carbonyl (C=O) groups excluding carboxylic acids is 1. The van der Waals surface area contributed by atoms with E-state index in [0.717, 1.165) is 0 Å². The molecule has 6 nitrogen and oxygen atoms in total. The number of phenolic OH excluding ortho intramolecular Hbond substituents is 1. The Hall–Kier alpha value is -1.51. The van der Waals surface area contributed by atoms with Gasteiger partial charge < -0.3 is 21.4 Å². The summed E-state index contributed by atoms with van der Waals surface area (Å²) < 4.78 is 0.658. The van der Waals surface area contributed by atoms with Crippen molar-refractivity contribution in [3.05, 3.63) is 27.3 Å². The first kappa shape index (κ1) is 12.6. The Morgan fingerprint density at radius 3 is 2.81 bits per heavy atom. The van der Waals surface area contributed by atoms with E-state index in [2.05, 4.69) is 10.5 Å². The molecule has 5 N–H and O–H groups in total. The first-order valence-electron chi connectivity index (χ1n) is 4.27. The zero-order valence-electron chi connectivity index (χ0n) is 8.14. The number of rotatable bonds is 3. The second-order valence-electron chi connectivity index (χ2n) is 2.94. The van der Waals surface area contributed by atoms with E-state index in [1.54, 1.807) is 12.1 Å². The highest BCUT2D eigenvalue weighted by Crippen LogP contribution is 2.20. The molecule has 0 aromatic heterocycles. The van der Waals surface area contributed by atoms with Gasteiger partial charge in [-0.3, -0.25) is 4.79 Å². The number of nitrogens with two attached hydrogens (primary N) is 1. The molecule has 1 aromatic rings. The number of nitrogens with one attached hydrogen (secondary N) is 1. The van der Waals surface area contributed by atoms with Crippen LogP contribution in [0.5, 0.6) is 5.75 Å². The minimum Gasteiger partial charge on any atom is -0.507 e. The number of hydrogen-bond donors (Lipinski definition) is 4. The van der Waals surface area contributed by atoms with Crippen LogP contribution in [0.1, 0.15) is 10.4 Å². The van der Waals surface area contributed by atoms with Gasteiger partial charge in [-0.2, -0.15) is 0 Å². The summed E-state index contributed by atoms with van der Waals surface area (Å²) in [6.45, 7) is -0.0535. The van der Waals surface area contributed by atoms with Crippen LogP contribution in [-0.4, -0.2) is 28.6 Å². The van der Waals surface area contributed by atoms with Gasteiger partial charge in [-0.15, -0.1) is 0 Å². The van der Waals surface area contributed by atoms with Crippen LogP contribution >= 0.6 is 22.6 Å². The van der Waals surface area contributed by atoms with Gasteiger partial charge in [0.25, 0.3) is 5.91 Å². The average molecular weight is 335 g/mol. The van der Waals surface area contributed by atoms with Crippen molar-refractivity contribution in [3.8, 4) is 5.75 Å². The first-order chi connectivity index (χ1) is 7.54. The molecule has 0 bridgehead atoms. The number of aromatic hydroxyl groups is 1. The van der Waals surface area contributed by atoms with Gasteiger partial charge in [-0.25, -0.2) is 0 Å². The molecule has 86 valence electrons. The number of hydrogen-bond acceptors (Lipinski definition) is 4. The van der Waals surface area contributed by atoms with Crippen molar-refractivity contribution in [2.24, 2.45) is 10.9 Å². The molecule has 0 aliphatic heterocycles. The highest BCUT2D eigenvalue weighted by molar-refractivity contribution is 14.1. The van der Waals surface area contributed by atoms with Crippen molar-refractivity contribution in [2.75, 3.05) is 6.54 Å². The van der Waals surface area contributed by atoms with Crippen molar-refractivity contribution in [1.29, 1.82) is 0 Å². The summed E-state index contributed by atoms with van der Waals surface area (Å²) in [6.07, 6.45) is 0. The van der Waals surface area contributed by atoms with Crippen LogP contribution in [-0.2, 0) is 0 Å². The zero-order valence-corrected chi connectivity index (χ0v) is 10.3. The second-order valence-corrected chi connectivity index (χ2v) is 4.10. The van der Waals surface area contributed by atoms with E-state index in [1.165, 1.54) is 6.07 Å². The Labute approximate surface area is 105 Å². The summed E-state index contributed by atoms with van der Waals surface area (Å²) in [4.78, 5) is 11.5. The fourth-order valence-corrected chi connectivity index (χ4v) is 1.30. The number of amidine groups is 1. The second kappa shape index (κ2) is 5.54. The van der Waals surface area contributed by atoms with Crippen molar-refractivity contribution in [3.63, 3.8) is 0 Å². The summed E-state index contributed by atoms with van der Waals surface area (Å²) in [5.41, 5.74) is 5.50. The largest absolute Gasteiger partial charge is 0.507 e. The summed E-state index contributed by atoms with van der Waals surface area (Å²) in [5.74, 6) is -0.460. The van der Waals surface area contributed by atoms with Crippen LogP contribution in [0.4, 0.5) is 0 Å². The van der Waals surface area contributed by atoms with Gasteiger partial charge in [-0.1, -0.05) is 5.16 Å². The highest BCUT2D eigenvalue weighted by Gasteiger charge is 2.08. The maximum Gasteiger partial charge on any atom is 0.251 e. The van der Waals surface area contributed by atoms with Gasteiger partial charge >= 0.3 is 0 Å². The van der Waals surface area contributed by atoms with Crippen LogP contribution in [0.15, 0.2) is 23.4 Å². The molecule has 0 radical (unpaired) electrons. The Kier molecular flexibility index (Phi) is 4.35. The first-order valence-corrected chi connectivity index (χ1v) is 5.35. The van der Waals surface area contributed by atoms with E-state index in [4.69, 9.17) is 10.9 Å².